The SMILES string of the molecule is CC(NC1CCCC1)c1ncn(C)n1. The number of hydrogen-bond acceptors (Lipinski definition) is 3. The van der Waals surface area contributed by atoms with E-state index in [1.165, 1.54) is 25.7 Å². The highest BCUT2D eigenvalue weighted by atomic mass is 15.3. The molecule has 1 N–H and O–H groups in total. The Morgan fingerprint density at radius 2 is 2.21 bits per heavy atom. The van der Waals surface area contributed by atoms with Crippen molar-refractivity contribution in [3.8, 4) is 0 Å². The van der Waals surface area contributed by atoms with Crippen LogP contribution in [0.4, 0.5) is 0 Å². The minimum Gasteiger partial charge on any atom is -0.305 e. The highest BCUT2D eigenvalue weighted by Gasteiger charge is 2.19. The van der Waals surface area contributed by atoms with Crippen molar-refractivity contribution in [2.24, 2.45) is 7.05 Å². The van der Waals surface area contributed by atoms with Crippen molar-refractivity contribution in [3.05, 3.63) is 12.2 Å². The van der Waals surface area contributed by atoms with Crippen molar-refractivity contribution in [2.75, 3.05) is 0 Å². The van der Waals surface area contributed by atoms with Gasteiger partial charge in [-0.15, -0.1) is 0 Å². The van der Waals surface area contributed by atoms with Gasteiger partial charge in [-0.25, -0.2) is 4.98 Å². The molecule has 2 rings (SSSR count). The lowest BCUT2D eigenvalue weighted by Gasteiger charge is -2.16. The van der Waals surface area contributed by atoms with E-state index in [4.69, 9.17) is 0 Å². The van der Waals surface area contributed by atoms with E-state index in [9.17, 15) is 0 Å². The molecule has 0 radical (unpaired) electrons. The van der Waals surface area contributed by atoms with E-state index in [1.807, 2.05) is 7.05 Å². The summed E-state index contributed by atoms with van der Waals surface area (Å²) in [5.74, 6) is 0.902. The van der Waals surface area contributed by atoms with Crippen molar-refractivity contribution < 1.29 is 0 Å². The Balaban J connectivity index is 1.91. The average Bonchev–Trinajstić information content (AvgIpc) is 2.75. The Hall–Kier alpha value is -0.900. The lowest BCUT2D eigenvalue weighted by atomic mass is 10.2. The molecule has 1 fully saturated rings. The molecule has 14 heavy (non-hydrogen) atoms. The molecule has 1 atom stereocenters. The number of rotatable bonds is 3. The van der Waals surface area contributed by atoms with Crippen molar-refractivity contribution in [1.82, 2.24) is 20.1 Å². The molecule has 4 nitrogen and oxygen atoms in total. The van der Waals surface area contributed by atoms with Gasteiger partial charge in [0, 0.05) is 13.1 Å². The summed E-state index contributed by atoms with van der Waals surface area (Å²) in [6, 6.07) is 0.952. The Morgan fingerprint density at radius 1 is 1.50 bits per heavy atom. The highest BCUT2D eigenvalue weighted by molar-refractivity contribution is 4.91. The molecule has 1 heterocycles. The molecule has 0 bridgehead atoms. The molecule has 0 aromatic carbocycles. The molecular formula is C10H18N4. The van der Waals surface area contributed by atoms with E-state index in [0.717, 1.165) is 5.82 Å². The number of nitrogens with one attached hydrogen (secondary N) is 1. The number of aromatic nitrogens is 3. The fraction of sp³-hybridized carbons (Fsp3) is 0.800. The van der Waals surface area contributed by atoms with Gasteiger partial charge in [0.25, 0.3) is 0 Å². The molecule has 1 saturated carbocycles. The first-order valence-corrected chi connectivity index (χ1v) is 5.37. The van der Waals surface area contributed by atoms with Gasteiger partial charge in [0.15, 0.2) is 5.82 Å². The average molecular weight is 194 g/mol. The standard InChI is InChI=1S/C10H18N4/c1-8(10-11-7-14(2)13-10)12-9-5-3-4-6-9/h7-9,12H,3-6H2,1-2H3. The Bertz CT molecular complexity index is 288. The second kappa shape index (κ2) is 4.09. The van der Waals surface area contributed by atoms with Crippen LogP contribution in [0.5, 0.6) is 0 Å². The zero-order valence-corrected chi connectivity index (χ0v) is 8.90. The van der Waals surface area contributed by atoms with E-state index < -0.39 is 0 Å². The van der Waals surface area contributed by atoms with Gasteiger partial charge in [-0.05, 0) is 19.8 Å². The maximum absolute atomic E-state index is 4.30. The maximum Gasteiger partial charge on any atom is 0.167 e. The van der Waals surface area contributed by atoms with Gasteiger partial charge < -0.3 is 5.32 Å². The van der Waals surface area contributed by atoms with Crippen LogP contribution in [0.15, 0.2) is 6.33 Å². The van der Waals surface area contributed by atoms with Crippen LogP contribution < -0.4 is 5.32 Å². The summed E-state index contributed by atoms with van der Waals surface area (Å²) in [6.45, 7) is 2.13. The van der Waals surface area contributed by atoms with Gasteiger partial charge in [0.05, 0.1) is 6.04 Å². The van der Waals surface area contributed by atoms with E-state index >= 15 is 0 Å². The minimum atomic E-state index is 0.277. The van der Waals surface area contributed by atoms with Crippen molar-refractivity contribution >= 4 is 0 Å². The van der Waals surface area contributed by atoms with Gasteiger partial charge in [-0.3, -0.25) is 4.68 Å². The molecular weight excluding hydrogens is 176 g/mol. The lowest BCUT2D eigenvalue weighted by Crippen LogP contribution is -2.29. The second-order valence-corrected chi connectivity index (χ2v) is 4.15. The van der Waals surface area contributed by atoms with Gasteiger partial charge in [-0.2, -0.15) is 5.10 Å². The summed E-state index contributed by atoms with van der Waals surface area (Å²) in [4.78, 5) is 4.25. The van der Waals surface area contributed by atoms with Gasteiger partial charge >= 0.3 is 0 Å². The zero-order valence-electron chi connectivity index (χ0n) is 8.90. The van der Waals surface area contributed by atoms with Crippen LogP contribution in [0.1, 0.15) is 44.5 Å². The van der Waals surface area contributed by atoms with Crippen LogP contribution in [-0.4, -0.2) is 20.8 Å². The van der Waals surface area contributed by atoms with E-state index in [0.29, 0.717) is 6.04 Å². The maximum atomic E-state index is 4.30. The third-order valence-corrected chi connectivity index (χ3v) is 2.85. The number of hydrogen-bond donors (Lipinski definition) is 1. The fourth-order valence-corrected chi connectivity index (χ4v) is 2.07. The second-order valence-electron chi connectivity index (χ2n) is 4.15. The molecule has 0 amide bonds. The van der Waals surface area contributed by atoms with E-state index in [2.05, 4.69) is 22.3 Å². The smallest absolute Gasteiger partial charge is 0.167 e. The molecule has 0 spiro atoms. The largest absolute Gasteiger partial charge is 0.305 e. The van der Waals surface area contributed by atoms with Crippen LogP contribution in [0.3, 0.4) is 0 Å². The molecule has 1 aliphatic rings. The molecule has 1 unspecified atom stereocenters. The predicted molar refractivity (Wildman–Crippen MR) is 54.8 cm³/mol. The summed E-state index contributed by atoms with van der Waals surface area (Å²) in [7, 11) is 1.90. The van der Waals surface area contributed by atoms with Crippen LogP contribution in [0, 0.1) is 0 Å². The molecule has 78 valence electrons. The van der Waals surface area contributed by atoms with Crippen LogP contribution >= 0.6 is 0 Å². The molecule has 0 saturated heterocycles. The Labute approximate surface area is 84.7 Å². The predicted octanol–water partition coefficient (Wildman–Crippen LogP) is 1.41. The monoisotopic (exact) mass is 194 g/mol. The summed E-state index contributed by atoms with van der Waals surface area (Å²) in [5, 5.41) is 7.87. The molecule has 4 heteroatoms. The Morgan fingerprint density at radius 3 is 2.79 bits per heavy atom. The van der Waals surface area contributed by atoms with Crippen LogP contribution in [0.2, 0.25) is 0 Å². The quantitative estimate of drug-likeness (QED) is 0.791. The summed E-state index contributed by atoms with van der Waals surface area (Å²) in [6.07, 6.45) is 7.08. The molecule has 1 aliphatic carbocycles. The topological polar surface area (TPSA) is 42.7 Å². The highest BCUT2D eigenvalue weighted by Crippen LogP contribution is 2.20. The summed E-state index contributed by atoms with van der Waals surface area (Å²) >= 11 is 0. The normalized spacial score (nSPS) is 20.1. The number of aryl methyl sites for hydroxylation is 1. The minimum absolute atomic E-state index is 0.277. The summed E-state index contributed by atoms with van der Waals surface area (Å²) < 4.78 is 1.75. The molecule has 0 aliphatic heterocycles. The van der Waals surface area contributed by atoms with Crippen LogP contribution in [-0.2, 0) is 7.05 Å². The zero-order chi connectivity index (χ0) is 9.97. The third kappa shape index (κ3) is 2.12. The van der Waals surface area contributed by atoms with Crippen LogP contribution in [0.25, 0.3) is 0 Å². The molecule has 1 aromatic heterocycles. The Kier molecular flexibility index (Phi) is 2.82. The molecule has 1 aromatic rings. The first-order valence-electron chi connectivity index (χ1n) is 5.37. The fourth-order valence-electron chi connectivity index (χ4n) is 2.07. The third-order valence-electron chi connectivity index (χ3n) is 2.85. The van der Waals surface area contributed by atoms with Gasteiger partial charge in [0.2, 0.25) is 0 Å². The van der Waals surface area contributed by atoms with Crippen molar-refractivity contribution in [3.63, 3.8) is 0 Å². The summed E-state index contributed by atoms with van der Waals surface area (Å²) in [5.41, 5.74) is 0. The lowest BCUT2D eigenvalue weighted by molar-refractivity contribution is 0.446. The first-order chi connectivity index (χ1) is 6.75. The van der Waals surface area contributed by atoms with Gasteiger partial charge in [-0.1, -0.05) is 12.8 Å². The van der Waals surface area contributed by atoms with Gasteiger partial charge in [0.1, 0.15) is 6.33 Å². The first kappa shape index (κ1) is 9.65. The van der Waals surface area contributed by atoms with Crippen molar-refractivity contribution in [2.45, 2.75) is 44.7 Å². The van der Waals surface area contributed by atoms with E-state index in [-0.39, 0.29) is 6.04 Å². The van der Waals surface area contributed by atoms with E-state index in [1.54, 1.807) is 11.0 Å². The van der Waals surface area contributed by atoms with Crippen molar-refractivity contribution in [1.29, 1.82) is 0 Å². The number of nitrogens with zero attached hydrogens (tertiary/aromatic N) is 3.